The Balaban J connectivity index is 1.38. The number of hydrogen-bond acceptors (Lipinski definition) is 6. The molecule has 0 aliphatic heterocycles. The minimum Gasteiger partial charge on any atom is -0.423 e. The molecule has 0 aromatic heterocycles. The molecule has 0 bridgehead atoms. The second-order valence-corrected chi connectivity index (χ2v) is 9.28. The Hall–Kier alpha value is -5.35. The molecule has 0 heterocycles. The molecular formula is C31H23BrN4O5. The van der Waals surface area contributed by atoms with Gasteiger partial charge in [0.1, 0.15) is 5.75 Å². The molecule has 3 N–H and O–H groups in total. The van der Waals surface area contributed by atoms with Gasteiger partial charge in [-0.1, -0.05) is 76.6 Å². The van der Waals surface area contributed by atoms with Crippen LogP contribution in [-0.2, 0) is 14.4 Å². The van der Waals surface area contributed by atoms with E-state index in [-0.39, 0.29) is 17.0 Å². The monoisotopic (exact) mass is 610 g/mol. The zero-order valence-corrected chi connectivity index (χ0v) is 23.0. The number of halogens is 1. The number of amides is 3. The van der Waals surface area contributed by atoms with E-state index in [1.807, 2.05) is 36.4 Å². The Morgan fingerprint density at radius 2 is 1.44 bits per heavy atom. The number of nitrogens with one attached hydrogen (secondary N) is 3. The normalized spacial score (nSPS) is 10.8. The van der Waals surface area contributed by atoms with E-state index < -0.39 is 23.7 Å². The lowest BCUT2D eigenvalue weighted by Crippen LogP contribution is -2.33. The summed E-state index contributed by atoms with van der Waals surface area (Å²) in [5.41, 5.74) is 4.23. The number of anilines is 2. The molecule has 9 nitrogen and oxygen atoms in total. The van der Waals surface area contributed by atoms with E-state index >= 15 is 0 Å². The van der Waals surface area contributed by atoms with Crippen molar-refractivity contribution >= 4 is 63.3 Å². The Labute approximate surface area is 244 Å². The van der Waals surface area contributed by atoms with Gasteiger partial charge in [-0.15, -0.1) is 0 Å². The highest BCUT2D eigenvalue weighted by atomic mass is 79.9. The van der Waals surface area contributed by atoms with Crippen LogP contribution in [0.15, 0.2) is 119 Å². The van der Waals surface area contributed by atoms with E-state index in [0.717, 1.165) is 5.56 Å². The lowest BCUT2D eigenvalue weighted by Gasteiger charge is -2.11. The van der Waals surface area contributed by atoms with E-state index in [4.69, 9.17) is 4.74 Å². The van der Waals surface area contributed by atoms with Crippen LogP contribution in [0.3, 0.4) is 0 Å². The minimum absolute atomic E-state index is 0.148. The molecule has 0 aliphatic rings. The van der Waals surface area contributed by atoms with Gasteiger partial charge in [0, 0.05) is 21.8 Å². The second-order valence-electron chi connectivity index (χ2n) is 8.37. The summed E-state index contributed by atoms with van der Waals surface area (Å²) in [7, 11) is 0. The van der Waals surface area contributed by atoms with Gasteiger partial charge in [0.25, 0.3) is 5.91 Å². The number of carbonyl (C=O) groups excluding carboxylic acids is 4. The molecule has 4 rings (SSSR count). The van der Waals surface area contributed by atoms with E-state index in [0.29, 0.717) is 15.7 Å². The van der Waals surface area contributed by atoms with E-state index in [1.54, 1.807) is 60.7 Å². The van der Waals surface area contributed by atoms with Gasteiger partial charge in [-0.2, -0.15) is 5.10 Å². The van der Waals surface area contributed by atoms with Crippen LogP contribution in [0.1, 0.15) is 21.5 Å². The van der Waals surface area contributed by atoms with Gasteiger partial charge in [0.15, 0.2) is 0 Å². The van der Waals surface area contributed by atoms with Crippen molar-refractivity contribution in [3.8, 4) is 5.75 Å². The van der Waals surface area contributed by atoms with E-state index in [9.17, 15) is 19.2 Å². The fraction of sp³-hybridized carbons (Fsp3) is 0. The first kappa shape index (κ1) is 28.7. The van der Waals surface area contributed by atoms with Crippen molar-refractivity contribution in [2.24, 2.45) is 5.10 Å². The van der Waals surface area contributed by atoms with Gasteiger partial charge >= 0.3 is 17.8 Å². The molecule has 204 valence electrons. The molecule has 10 heteroatoms. The first-order chi connectivity index (χ1) is 19.9. The molecule has 0 aliphatic carbocycles. The van der Waals surface area contributed by atoms with Gasteiger partial charge in [-0.05, 0) is 54.1 Å². The number of hydrazone groups is 1. The summed E-state index contributed by atoms with van der Waals surface area (Å²) in [6.07, 6.45) is 4.15. The summed E-state index contributed by atoms with van der Waals surface area (Å²) in [5.74, 6) is -2.98. The fourth-order valence-electron chi connectivity index (χ4n) is 3.48. The molecule has 0 saturated heterocycles. The lowest BCUT2D eigenvalue weighted by molar-refractivity contribution is -0.136. The predicted molar refractivity (Wildman–Crippen MR) is 160 cm³/mol. The van der Waals surface area contributed by atoms with Crippen molar-refractivity contribution in [3.63, 3.8) is 0 Å². The van der Waals surface area contributed by atoms with E-state index in [2.05, 4.69) is 37.1 Å². The summed E-state index contributed by atoms with van der Waals surface area (Å²) >= 11 is 3.34. The second kappa shape index (κ2) is 14.2. The summed E-state index contributed by atoms with van der Waals surface area (Å²) in [6.45, 7) is 0. The molecule has 0 atom stereocenters. The number of rotatable bonds is 8. The van der Waals surface area contributed by atoms with Crippen LogP contribution in [0.4, 0.5) is 11.4 Å². The lowest BCUT2D eigenvalue weighted by atomic mass is 10.1. The number of nitrogens with zero attached hydrogens (tertiary/aromatic N) is 1. The van der Waals surface area contributed by atoms with Crippen LogP contribution >= 0.6 is 15.9 Å². The fourth-order valence-corrected chi connectivity index (χ4v) is 3.86. The van der Waals surface area contributed by atoms with Crippen molar-refractivity contribution in [2.45, 2.75) is 0 Å². The molecule has 0 saturated carbocycles. The van der Waals surface area contributed by atoms with Crippen molar-refractivity contribution in [2.75, 3.05) is 10.6 Å². The van der Waals surface area contributed by atoms with Gasteiger partial charge < -0.3 is 15.4 Å². The number of hydrogen-bond donors (Lipinski definition) is 3. The molecular weight excluding hydrogens is 588 g/mol. The predicted octanol–water partition coefficient (Wildman–Crippen LogP) is 5.41. The SMILES string of the molecule is O=C(C=Cc1ccccc1)Oc1ccc(Br)cc1C=NNC(=O)C(=O)Nc1ccccc1C(=O)Nc1ccccc1. The zero-order chi connectivity index (χ0) is 29.0. The molecule has 3 amide bonds. The Kier molecular flexibility index (Phi) is 9.89. The number of carbonyl (C=O) groups is 4. The van der Waals surface area contributed by atoms with Crippen LogP contribution in [-0.4, -0.2) is 29.9 Å². The maximum atomic E-state index is 12.7. The topological polar surface area (TPSA) is 126 Å². The van der Waals surface area contributed by atoms with Crippen molar-refractivity contribution < 1.29 is 23.9 Å². The maximum absolute atomic E-state index is 12.7. The highest BCUT2D eigenvalue weighted by Crippen LogP contribution is 2.22. The van der Waals surface area contributed by atoms with Crippen molar-refractivity contribution in [1.82, 2.24) is 5.43 Å². The summed E-state index contributed by atoms with van der Waals surface area (Å²) < 4.78 is 6.09. The number of para-hydroxylation sites is 2. The van der Waals surface area contributed by atoms with Crippen LogP contribution in [0.25, 0.3) is 6.08 Å². The third-order valence-corrected chi connectivity index (χ3v) is 5.91. The number of ether oxygens (including phenoxy) is 1. The number of benzene rings is 4. The summed E-state index contributed by atoms with van der Waals surface area (Å²) in [6, 6.07) is 29.2. The standard InChI is InChI=1S/C31H23BrN4O5/c32-23-16-17-27(41-28(37)18-15-21-9-3-1-4-10-21)22(19-23)20-33-36-31(40)30(39)35-26-14-8-7-13-25(26)29(38)34-24-11-5-2-6-12-24/h1-20H,(H,34,38)(H,35,39)(H,36,40). The Morgan fingerprint density at radius 3 is 2.20 bits per heavy atom. The highest BCUT2D eigenvalue weighted by molar-refractivity contribution is 9.10. The largest absolute Gasteiger partial charge is 0.423 e. The molecule has 0 radical (unpaired) electrons. The molecule has 41 heavy (non-hydrogen) atoms. The quantitative estimate of drug-likeness (QED) is 0.0614. The van der Waals surface area contributed by atoms with E-state index in [1.165, 1.54) is 24.4 Å². The van der Waals surface area contributed by atoms with Gasteiger partial charge in [-0.25, -0.2) is 10.2 Å². The molecule has 4 aromatic carbocycles. The van der Waals surface area contributed by atoms with Crippen LogP contribution < -0.4 is 20.8 Å². The average molecular weight is 611 g/mol. The molecule has 4 aromatic rings. The Bertz CT molecular complexity index is 1620. The molecule has 0 fully saturated rings. The van der Waals surface area contributed by atoms with Crippen LogP contribution in [0.5, 0.6) is 5.75 Å². The molecule has 0 spiro atoms. The van der Waals surface area contributed by atoms with Crippen molar-refractivity contribution in [3.05, 3.63) is 130 Å². The third-order valence-electron chi connectivity index (χ3n) is 5.42. The number of esters is 1. The maximum Gasteiger partial charge on any atom is 0.336 e. The minimum atomic E-state index is -1.07. The van der Waals surface area contributed by atoms with Crippen LogP contribution in [0, 0.1) is 0 Å². The Morgan fingerprint density at radius 1 is 0.756 bits per heavy atom. The molecule has 0 unspecified atom stereocenters. The first-order valence-corrected chi connectivity index (χ1v) is 13.0. The van der Waals surface area contributed by atoms with Crippen molar-refractivity contribution in [1.29, 1.82) is 0 Å². The summed E-state index contributed by atoms with van der Waals surface area (Å²) in [5, 5.41) is 8.99. The highest BCUT2D eigenvalue weighted by Gasteiger charge is 2.18. The zero-order valence-electron chi connectivity index (χ0n) is 21.4. The average Bonchev–Trinajstić information content (AvgIpc) is 2.98. The van der Waals surface area contributed by atoms with Gasteiger partial charge in [-0.3, -0.25) is 14.4 Å². The third kappa shape index (κ3) is 8.57. The first-order valence-electron chi connectivity index (χ1n) is 12.2. The summed E-state index contributed by atoms with van der Waals surface area (Å²) in [4.78, 5) is 50.0. The smallest absolute Gasteiger partial charge is 0.336 e. The van der Waals surface area contributed by atoms with Crippen LogP contribution in [0.2, 0.25) is 0 Å². The van der Waals surface area contributed by atoms with Gasteiger partial charge in [0.05, 0.1) is 17.5 Å². The van der Waals surface area contributed by atoms with Gasteiger partial charge in [0.2, 0.25) is 0 Å².